The quantitative estimate of drug-likeness (QED) is 0.217. The zero-order valence-corrected chi connectivity index (χ0v) is 22.6. The Hall–Kier alpha value is -4.58. The monoisotopic (exact) mass is 565 g/mol. The molecule has 4 aromatic heterocycles. The van der Waals surface area contributed by atoms with Crippen molar-refractivity contribution >= 4 is 39.1 Å². The average molecular weight is 566 g/mol. The highest BCUT2D eigenvalue weighted by atomic mass is 32.1. The van der Waals surface area contributed by atoms with Crippen LogP contribution in [0.5, 0.6) is 5.75 Å². The van der Waals surface area contributed by atoms with E-state index < -0.39 is 23.9 Å². The smallest absolute Gasteiger partial charge is 0.291 e. The summed E-state index contributed by atoms with van der Waals surface area (Å²) in [4.78, 5) is 29.8. The first-order valence-corrected chi connectivity index (χ1v) is 13.2. The van der Waals surface area contributed by atoms with Crippen LogP contribution >= 0.6 is 11.3 Å². The minimum atomic E-state index is -2.86. The predicted octanol–water partition coefficient (Wildman–Crippen LogP) is 6.26. The molecule has 0 bridgehead atoms. The molecule has 1 aromatic carbocycles. The molecular formula is C28H25F2N5O4S. The molecule has 0 aliphatic carbocycles. The van der Waals surface area contributed by atoms with Crippen LogP contribution < -0.4 is 15.8 Å². The topological polar surface area (TPSA) is 125 Å². The van der Waals surface area contributed by atoms with E-state index in [2.05, 4.69) is 15.4 Å². The van der Waals surface area contributed by atoms with Gasteiger partial charge in [-0.05, 0) is 62.2 Å². The molecule has 2 amide bonds. The van der Waals surface area contributed by atoms with E-state index in [0.717, 1.165) is 22.6 Å². The summed E-state index contributed by atoms with van der Waals surface area (Å²) in [5.41, 5.74) is 7.91. The lowest BCUT2D eigenvalue weighted by Gasteiger charge is -2.10. The molecule has 0 saturated carbocycles. The number of ether oxygens (including phenoxy) is 1. The number of alkyl halides is 2. The van der Waals surface area contributed by atoms with Crippen molar-refractivity contribution in [2.75, 3.05) is 5.32 Å². The highest BCUT2D eigenvalue weighted by Gasteiger charge is 2.27. The third kappa shape index (κ3) is 5.17. The molecule has 0 fully saturated rings. The summed E-state index contributed by atoms with van der Waals surface area (Å²) in [6.45, 7) is 6.32. The number of aryl methyl sites for hydroxylation is 2. The number of primary amides is 1. The number of benzene rings is 1. The number of rotatable bonds is 9. The maximum Gasteiger partial charge on any atom is 0.291 e. The molecular weight excluding hydrogens is 540 g/mol. The molecule has 0 spiro atoms. The summed E-state index contributed by atoms with van der Waals surface area (Å²) < 4.78 is 40.7. The minimum absolute atomic E-state index is 0.0291. The molecule has 206 valence electrons. The maximum atomic E-state index is 13.8. The molecule has 0 aliphatic rings. The standard InChI is InChI=1S/C28H25F2N5O4S/c1-4-35-15(3)19(12-32-35)18-11-20(25(29)30)33-28-22(18)23(24(40-28)26(31)36)34-27(37)21-9-8-17(39-21)13-38-16-7-5-6-14(2)10-16/h5-12,25H,4,13H2,1-3H3,(H2,31,36)(H,34,37). The highest BCUT2D eigenvalue weighted by Crippen LogP contribution is 2.43. The molecule has 0 radical (unpaired) electrons. The molecule has 40 heavy (non-hydrogen) atoms. The van der Waals surface area contributed by atoms with E-state index in [1.165, 1.54) is 12.1 Å². The number of hydrogen-bond acceptors (Lipinski definition) is 7. The minimum Gasteiger partial charge on any atom is -0.486 e. The molecule has 0 saturated heterocycles. The van der Waals surface area contributed by atoms with E-state index >= 15 is 0 Å². The lowest BCUT2D eigenvalue weighted by atomic mass is 10.0. The number of halogens is 2. The molecule has 4 heterocycles. The van der Waals surface area contributed by atoms with Gasteiger partial charge < -0.3 is 20.2 Å². The number of amides is 2. The van der Waals surface area contributed by atoms with Crippen molar-refractivity contribution in [3.63, 3.8) is 0 Å². The number of aromatic nitrogens is 3. The lowest BCUT2D eigenvalue weighted by molar-refractivity contribution is 0.0992. The fourth-order valence-electron chi connectivity index (χ4n) is 4.38. The van der Waals surface area contributed by atoms with E-state index in [-0.39, 0.29) is 27.8 Å². The number of carbonyl (C=O) groups excluding carboxylic acids is 2. The molecule has 0 unspecified atom stereocenters. The summed E-state index contributed by atoms with van der Waals surface area (Å²) in [5, 5.41) is 7.34. The Kier molecular flexibility index (Phi) is 7.35. The van der Waals surface area contributed by atoms with Gasteiger partial charge in [-0.2, -0.15) is 5.10 Å². The number of nitrogens with zero attached hydrogens (tertiary/aromatic N) is 3. The second-order valence-electron chi connectivity index (χ2n) is 9.03. The molecule has 9 nitrogen and oxygen atoms in total. The lowest BCUT2D eigenvalue weighted by Crippen LogP contribution is -2.16. The van der Waals surface area contributed by atoms with Crippen molar-refractivity contribution in [1.29, 1.82) is 0 Å². The van der Waals surface area contributed by atoms with Crippen LogP contribution in [0.4, 0.5) is 14.5 Å². The largest absolute Gasteiger partial charge is 0.486 e. The zero-order valence-electron chi connectivity index (χ0n) is 21.8. The number of furan rings is 1. The maximum absolute atomic E-state index is 13.8. The van der Waals surface area contributed by atoms with Crippen molar-refractivity contribution in [3.05, 3.63) is 82.0 Å². The van der Waals surface area contributed by atoms with Crippen LogP contribution in [0.1, 0.15) is 56.3 Å². The zero-order chi connectivity index (χ0) is 28.6. The van der Waals surface area contributed by atoms with Crippen LogP contribution in [0.15, 0.2) is 53.1 Å². The van der Waals surface area contributed by atoms with E-state index in [0.29, 0.717) is 34.6 Å². The van der Waals surface area contributed by atoms with E-state index in [9.17, 15) is 18.4 Å². The summed E-state index contributed by atoms with van der Waals surface area (Å²) in [6, 6.07) is 11.8. The Morgan fingerprint density at radius 3 is 2.65 bits per heavy atom. The van der Waals surface area contributed by atoms with Gasteiger partial charge in [-0.1, -0.05) is 12.1 Å². The van der Waals surface area contributed by atoms with Crippen LogP contribution in [-0.4, -0.2) is 26.6 Å². The Balaban J connectivity index is 1.52. The number of nitrogens with one attached hydrogen (secondary N) is 1. The average Bonchev–Trinajstić information content (AvgIpc) is 3.64. The van der Waals surface area contributed by atoms with Gasteiger partial charge in [0.25, 0.3) is 18.2 Å². The number of pyridine rings is 1. The second-order valence-corrected chi connectivity index (χ2v) is 10.0. The number of thiophene rings is 1. The molecule has 0 atom stereocenters. The van der Waals surface area contributed by atoms with Gasteiger partial charge in [0.05, 0.1) is 11.9 Å². The van der Waals surface area contributed by atoms with Gasteiger partial charge >= 0.3 is 0 Å². The molecule has 12 heteroatoms. The summed E-state index contributed by atoms with van der Waals surface area (Å²) >= 11 is 0.829. The van der Waals surface area contributed by atoms with Gasteiger partial charge in [0.1, 0.15) is 33.5 Å². The second kappa shape index (κ2) is 10.9. The third-order valence-corrected chi connectivity index (χ3v) is 7.41. The van der Waals surface area contributed by atoms with Crippen LogP contribution in [0.25, 0.3) is 21.3 Å². The van der Waals surface area contributed by atoms with Crippen LogP contribution in [0.3, 0.4) is 0 Å². The van der Waals surface area contributed by atoms with Crippen LogP contribution in [0.2, 0.25) is 0 Å². The molecule has 0 aliphatic heterocycles. The van der Waals surface area contributed by atoms with Gasteiger partial charge in [-0.25, -0.2) is 13.8 Å². The third-order valence-electron chi connectivity index (χ3n) is 6.32. The van der Waals surface area contributed by atoms with Crippen molar-refractivity contribution in [3.8, 4) is 16.9 Å². The number of carbonyl (C=O) groups is 2. The molecule has 5 aromatic rings. The van der Waals surface area contributed by atoms with Crippen LogP contribution in [-0.2, 0) is 13.2 Å². The van der Waals surface area contributed by atoms with Crippen molar-refractivity contribution < 1.29 is 27.5 Å². The van der Waals surface area contributed by atoms with E-state index in [4.69, 9.17) is 14.9 Å². The fourth-order valence-corrected chi connectivity index (χ4v) is 5.39. The van der Waals surface area contributed by atoms with Crippen molar-refractivity contribution in [1.82, 2.24) is 14.8 Å². The summed E-state index contributed by atoms with van der Waals surface area (Å²) in [5.74, 6) is -0.470. The number of fused-ring (bicyclic) bond motifs is 1. The predicted molar refractivity (Wildman–Crippen MR) is 147 cm³/mol. The van der Waals surface area contributed by atoms with Crippen LogP contribution in [0, 0.1) is 13.8 Å². The highest BCUT2D eigenvalue weighted by molar-refractivity contribution is 7.21. The molecule has 3 N–H and O–H groups in total. The number of anilines is 1. The van der Waals surface area contributed by atoms with Gasteiger partial charge in [-0.3, -0.25) is 14.3 Å². The van der Waals surface area contributed by atoms with Crippen molar-refractivity contribution in [2.45, 2.75) is 40.3 Å². The van der Waals surface area contributed by atoms with E-state index in [1.54, 1.807) is 16.9 Å². The number of nitrogens with two attached hydrogens (primary N) is 1. The first-order valence-electron chi connectivity index (χ1n) is 12.3. The Bertz CT molecular complexity index is 1740. The fraction of sp³-hybridized carbons (Fsp3) is 0.214. The van der Waals surface area contributed by atoms with Gasteiger partial charge in [0, 0.05) is 23.2 Å². The SMILES string of the molecule is CCn1ncc(-c2cc(C(F)F)nc3sc(C(N)=O)c(NC(=O)c4ccc(COc5cccc(C)c5)o4)c23)c1C. The molecule has 5 rings (SSSR count). The van der Waals surface area contributed by atoms with Crippen molar-refractivity contribution in [2.24, 2.45) is 5.73 Å². The van der Waals surface area contributed by atoms with Gasteiger partial charge in [-0.15, -0.1) is 11.3 Å². The number of hydrogen-bond donors (Lipinski definition) is 2. The first-order chi connectivity index (χ1) is 19.2. The van der Waals surface area contributed by atoms with E-state index in [1.807, 2.05) is 45.0 Å². The Labute approximate surface area is 231 Å². The van der Waals surface area contributed by atoms with Gasteiger partial charge in [0.2, 0.25) is 0 Å². The Morgan fingerprint density at radius 2 is 1.98 bits per heavy atom. The summed E-state index contributed by atoms with van der Waals surface area (Å²) in [7, 11) is 0. The Morgan fingerprint density at radius 1 is 1.18 bits per heavy atom. The normalized spacial score (nSPS) is 11.3. The summed E-state index contributed by atoms with van der Waals surface area (Å²) in [6.07, 6.45) is -1.30. The first kappa shape index (κ1) is 27.0. The van der Waals surface area contributed by atoms with Gasteiger partial charge in [0.15, 0.2) is 5.76 Å².